The average molecular weight is 415 g/mol. The van der Waals surface area contributed by atoms with Crippen LogP contribution in [0.15, 0.2) is 34.7 Å². The van der Waals surface area contributed by atoms with Crippen LogP contribution in [0.25, 0.3) is 0 Å². The van der Waals surface area contributed by atoms with Gasteiger partial charge in [-0.1, -0.05) is 25.5 Å². The van der Waals surface area contributed by atoms with Gasteiger partial charge in [0.1, 0.15) is 18.5 Å². The van der Waals surface area contributed by atoms with Gasteiger partial charge in [-0.2, -0.15) is 0 Å². The standard InChI is InChI=1S/C25H34O5/c1-22-8-5-19(30-14-12-26)15-17(22)3-4-21-20(22)6-9-23(2)24(27,10-11-25(21,23)28)18-7-13-29-16-18/h7,12-13,15-16,19-21,27-28H,3-6,8-11,14H2,1-2H3/t19?,20-,21-,22+,23-,24?,25-/m1/s1. The molecule has 1 aromatic rings. The molecule has 7 atom stereocenters. The highest BCUT2D eigenvalue weighted by molar-refractivity contribution is 5.50. The molecular weight excluding hydrogens is 380 g/mol. The Bertz CT molecular complexity index is 846. The van der Waals surface area contributed by atoms with Crippen molar-refractivity contribution in [3.8, 4) is 0 Å². The van der Waals surface area contributed by atoms with Crippen molar-refractivity contribution in [1.29, 1.82) is 0 Å². The van der Waals surface area contributed by atoms with E-state index in [0.29, 0.717) is 18.8 Å². The molecule has 4 aliphatic rings. The summed E-state index contributed by atoms with van der Waals surface area (Å²) < 4.78 is 11.0. The van der Waals surface area contributed by atoms with Crippen LogP contribution in [-0.4, -0.2) is 34.8 Å². The summed E-state index contributed by atoms with van der Waals surface area (Å²) in [6, 6.07) is 1.85. The van der Waals surface area contributed by atoms with Crippen LogP contribution in [0, 0.1) is 22.7 Å². The van der Waals surface area contributed by atoms with E-state index >= 15 is 0 Å². The predicted molar refractivity (Wildman–Crippen MR) is 112 cm³/mol. The van der Waals surface area contributed by atoms with Gasteiger partial charge in [0.15, 0.2) is 0 Å². The topological polar surface area (TPSA) is 79.9 Å². The number of allylic oxidation sites excluding steroid dienone is 1. The molecule has 0 aliphatic heterocycles. The largest absolute Gasteiger partial charge is 0.472 e. The van der Waals surface area contributed by atoms with E-state index in [-0.39, 0.29) is 24.0 Å². The molecule has 30 heavy (non-hydrogen) atoms. The molecule has 0 bridgehead atoms. The van der Waals surface area contributed by atoms with Crippen molar-refractivity contribution in [2.24, 2.45) is 22.7 Å². The van der Waals surface area contributed by atoms with Crippen LogP contribution in [-0.2, 0) is 15.1 Å². The zero-order chi connectivity index (χ0) is 21.2. The summed E-state index contributed by atoms with van der Waals surface area (Å²) in [4.78, 5) is 10.7. The fraction of sp³-hybridized carbons (Fsp3) is 0.720. The number of rotatable bonds is 4. The Balaban J connectivity index is 1.47. The van der Waals surface area contributed by atoms with E-state index in [2.05, 4.69) is 19.9 Å². The lowest BCUT2D eigenvalue weighted by atomic mass is 9.44. The molecule has 1 aromatic heterocycles. The third-order valence-electron chi connectivity index (χ3n) is 9.78. The molecular formula is C25H34O5. The van der Waals surface area contributed by atoms with E-state index in [1.165, 1.54) is 5.57 Å². The van der Waals surface area contributed by atoms with Gasteiger partial charge < -0.3 is 24.2 Å². The van der Waals surface area contributed by atoms with Gasteiger partial charge in [-0.3, -0.25) is 0 Å². The molecule has 0 saturated heterocycles. The van der Waals surface area contributed by atoms with Gasteiger partial charge in [-0.05, 0) is 74.7 Å². The SMILES string of the molecule is C[C@]12CCC(OCC=O)C=C1CC[C@@H]1[C@H]2CC[C@]2(C)C(O)(c3ccoc3)CC[C@@]12O. The van der Waals surface area contributed by atoms with Crippen LogP contribution >= 0.6 is 0 Å². The summed E-state index contributed by atoms with van der Waals surface area (Å²) >= 11 is 0. The monoisotopic (exact) mass is 414 g/mol. The first-order valence-electron chi connectivity index (χ1n) is 11.5. The van der Waals surface area contributed by atoms with Crippen molar-refractivity contribution in [3.63, 3.8) is 0 Å². The maximum atomic E-state index is 12.2. The van der Waals surface area contributed by atoms with Crippen LogP contribution in [0.3, 0.4) is 0 Å². The van der Waals surface area contributed by atoms with Gasteiger partial charge in [0.05, 0.1) is 24.2 Å². The van der Waals surface area contributed by atoms with Crippen molar-refractivity contribution >= 4 is 6.29 Å². The molecule has 3 fully saturated rings. The Kier molecular flexibility index (Phi) is 4.63. The second kappa shape index (κ2) is 6.78. The van der Waals surface area contributed by atoms with Crippen LogP contribution < -0.4 is 0 Å². The Morgan fingerprint density at radius 3 is 2.70 bits per heavy atom. The molecule has 0 aromatic carbocycles. The van der Waals surface area contributed by atoms with Crippen molar-refractivity contribution in [2.45, 2.75) is 82.5 Å². The molecule has 5 nitrogen and oxygen atoms in total. The minimum absolute atomic E-state index is 0.0319. The Labute approximate surface area is 178 Å². The summed E-state index contributed by atoms with van der Waals surface area (Å²) in [6.45, 7) is 4.62. The lowest BCUT2D eigenvalue weighted by molar-refractivity contribution is -0.222. The fourth-order valence-electron chi connectivity index (χ4n) is 7.94. The highest BCUT2D eigenvalue weighted by atomic mass is 16.5. The maximum Gasteiger partial charge on any atom is 0.145 e. The Hall–Kier alpha value is -1.43. The van der Waals surface area contributed by atoms with Crippen LogP contribution in [0.1, 0.15) is 70.8 Å². The number of carbonyl (C=O) groups is 1. The predicted octanol–water partition coefficient (Wildman–Crippen LogP) is 4.13. The van der Waals surface area contributed by atoms with Crippen LogP contribution in [0.5, 0.6) is 0 Å². The molecule has 0 radical (unpaired) electrons. The quantitative estimate of drug-likeness (QED) is 0.572. The minimum Gasteiger partial charge on any atom is -0.472 e. The number of fused-ring (bicyclic) bond motifs is 5. The number of carbonyl (C=O) groups excluding carboxylic acids is 1. The zero-order valence-corrected chi connectivity index (χ0v) is 18.1. The Morgan fingerprint density at radius 1 is 1.13 bits per heavy atom. The van der Waals surface area contributed by atoms with Crippen LogP contribution in [0.2, 0.25) is 0 Å². The minimum atomic E-state index is -1.04. The second-order valence-electron chi connectivity index (χ2n) is 10.6. The molecule has 5 heteroatoms. The number of hydrogen-bond acceptors (Lipinski definition) is 5. The van der Waals surface area contributed by atoms with E-state index in [9.17, 15) is 15.0 Å². The Morgan fingerprint density at radius 2 is 1.97 bits per heavy atom. The summed E-state index contributed by atoms with van der Waals surface area (Å²) in [7, 11) is 0. The van der Waals surface area contributed by atoms with Crippen molar-refractivity contribution in [1.82, 2.24) is 0 Å². The van der Waals surface area contributed by atoms with Gasteiger partial charge >= 0.3 is 0 Å². The summed E-state index contributed by atoms with van der Waals surface area (Å²) in [6.07, 6.45) is 13.3. The first-order valence-corrected chi connectivity index (χ1v) is 11.5. The van der Waals surface area contributed by atoms with Gasteiger partial charge in [0.2, 0.25) is 0 Å². The molecule has 0 amide bonds. The average Bonchev–Trinajstić information content (AvgIpc) is 3.34. The van der Waals surface area contributed by atoms with E-state index in [0.717, 1.165) is 50.4 Å². The van der Waals surface area contributed by atoms with Gasteiger partial charge in [-0.15, -0.1) is 0 Å². The molecule has 164 valence electrons. The number of aldehydes is 1. The summed E-state index contributed by atoms with van der Waals surface area (Å²) in [5, 5.41) is 24.0. The highest BCUT2D eigenvalue weighted by Crippen LogP contribution is 2.71. The van der Waals surface area contributed by atoms with Gasteiger partial charge in [0, 0.05) is 11.0 Å². The van der Waals surface area contributed by atoms with E-state index in [1.54, 1.807) is 12.5 Å². The lowest BCUT2D eigenvalue weighted by Crippen LogP contribution is -2.63. The summed E-state index contributed by atoms with van der Waals surface area (Å²) in [5.41, 5.74) is -0.182. The molecule has 1 heterocycles. The number of ether oxygens (including phenoxy) is 1. The number of hydrogen-bond donors (Lipinski definition) is 2. The third-order valence-corrected chi connectivity index (χ3v) is 9.78. The first kappa shape index (κ1) is 20.5. The molecule has 3 saturated carbocycles. The molecule has 2 unspecified atom stereocenters. The number of aliphatic hydroxyl groups is 2. The smallest absolute Gasteiger partial charge is 0.145 e. The number of furan rings is 1. The third kappa shape index (κ3) is 2.49. The van der Waals surface area contributed by atoms with E-state index in [4.69, 9.17) is 9.15 Å². The fourth-order valence-corrected chi connectivity index (χ4v) is 7.94. The van der Waals surface area contributed by atoms with E-state index < -0.39 is 16.6 Å². The molecule has 0 spiro atoms. The van der Waals surface area contributed by atoms with Crippen molar-refractivity contribution in [3.05, 3.63) is 35.8 Å². The molecule has 5 rings (SSSR count). The second-order valence-corrected chi connectivity index (χ2v) is 10.6. The van der Waals surface area contributed by atoms with Crippen molar-refractivity contribution < 1.29 is 24.2 Å². The summed E-state index contributed by atoms with van der Waals surface area (Å²) in [5.74, 6) is 0.598. The normalized spacial score (nSPS) is 47.7. The van der Waals surface area contributed by atoms with Crippen LogP contribution in [0.4, 0.5) is 0 Å². The van der Waals surface area contributed by atoms with E-state index in [1.807, 2.05) is 6.07 Å². The molecule has 2 N–H and O–H groups in total. The first-order chi connectivity index (χ1) is 14.3. The van der Waals surface area contributed by atoms with Crippen molar-refractivity contribution in [2.75, 3.05) is 6.61 Å². The van der Waals surface area contributed by atoms with Gasteiger partial charge in [0.25, 0.3) is 0 Å². The highest BCUT2D eigenvalue weighted by Gasteiger charge is 2.71. The zero-order valence-electron chi connectivity index (χ0n) is 18.1. The molecule has 4 aliphatic carbocycles. The maximum absolute atomic E-state index is 12.2. The van der Waals surface area contributed by atoms with Gasteiger partial charge in [-0.25, -0.2) is 0 Å². The lowest BCUT2D eigenvalue weighted by Gasteiger charge is -2.62.